The number of alkyl halides is 1. The number of halogens is 1. The Morgan fingerprint density at radius 2 is 2.10 bits per heavy atom. The fraction of sp³-hybridized carbons (Fsp3) is 0.583. The molecular formula is C24H34ClNO3. The molecule has 1 aromatic rings. The van der Waals surface area contributed by atoms with Gasteiger partial charge in [-0.1, -0.05) is 57.8 Å². The van der Waals surface area contributed by atoms with Crippen molar-refractivity contribution < 1.29 is 9.21 Å². The number of carbonyl (C=O) groups excluding carboxylic acids is 1. The third-order valence-electron chi connectivity index (χ3n) is 5.37. The van der Waals surface area contributed by atoms with Crippen molar-refractivity contribution in [3.05, 3.63) is 51.6 Å². The van der Waals surface area contributed by atoms with E-state index in [0.717, 1.165) is 43.4 Å². The Morgan fingerprint density at radius 1 is 1.31 bits per heavy atom. The van der Waals surface area contributed by atoms with Crippen molar-refractivity contribution in [3.63, 3.8) is 0 Å². The van der Waals surface area contributed by atoms with E-state index in [1.54, 1.807) is 17.9 Å². The van der Waals surface area contributed by atoms with E-state index < -0.39 is 0 Å². The summed E-state index contributed by atoms with van der Waals surface area (Å²) in [4.78, 5) is 26.7. The SMILES string of the molecule is CCC=C(/C=C\CCCl)c1cc(=O)c2c(o1)C(CCCCCC)CN(C(C)=O)C2. The summed E-state index contributed by atoms with van der Waals surface area (Å²) in [6.07, 6.45) is 13.2. The lowest BCUT2D eigenvalue weighted by atomic mass is 9.90. The molecule has 4 nitrogen and oxygen atoms in total. The summed E-state index contributed by atoms with van der Waals surface area (Å²) in [5.74, 6) is 2.02. The summed E-state index contributed by atoms with van der Waals surface area (Å²) in [5, 5.41) is 0. The van der Waals surface area contributed by atoms with Gasteiger partial charge in [0, 0.05) is 36.9 Å². The van der Waals surface area contributed by atoms with E-state index in [2.05, 4.69) is 19.9 Å². The molecule has 0 saturated carbocycles. The Bertz CT molecular complexity index is 794. The minimum absolute atomic E-state index is 0.00765. The topological polar surface area (TPSA) is 50.5 Å². The maximum atomic E-state index is 12.9. The molecule has 0 N–H and O–H groups in total. The van der Waals surface area contributed by atoms with Crippen LogP contribution in [-0.2, 0) is 11.3 Å². The van der Waals surface area contributed by atoms with Gasteiger partial charge in [-0.05, 0) is 19.3 Å². The second kappa shape index (κ2) is 12.0. The lowest BCUT2D eigenvalue weighted by Crippen LogP contribution is -2.39. The number of allylic oxidation sites excluding steroid dienone is 4. The molecule has 1 atom stereocenters. The van der Waals surface area contributed by atoms with Crippen molar-refractivity contribution in [2.24, 2.45) is 0 Å². The van der Waals surface area contributed by atoms with Gasteiger partial charge in [-0.25, -0.2) is 0 Å². The largest absolute Gasteiger partial charge is 0.460 e. The molecule has 0 saturated heterocycles. The first-order valence-electron chi connectivity index (χ1n) is 10.9. The van der Waals surface area contributed by atoms with Crippen molar-refractivity contribution >= 4 is 23.1 Å². The van der Waals surface area contributed by atoms with E-state index in [9.17, 15) is 9.59 Å². The molecule has 5 heteroatoms. The lowest BCUT2D eigenvalue weighted by molar-refractivity contribution is -0.130. The number of nitrogens with zero attached hydrogens (tertiary/aromatic N) is 1. The van der Waals surface area contributed by atoms with E-state index in [4.69, 9.17) is 16.0 Å². The highest BCUT2D eigenvalue weighted by Crippen LogP contribution is 2.33. The van der Waals surface area contributed by atoms with Crippen LogP contribution in [0.1, 0.15) is 88.7 Å². The van der Waals surface area contributed by atoms with Crippen molar-refractivity contribution in [1.29, 1.82) is 0 Å². The smallest absolute Gasteiger partial charge is 0.219 e. The Balaban J connectivity index is 2.40. The molecule has 0 bridgehead atoms. The predicted octanol–water partition coefficient (Wildman–Crippen LogP) is 6.03. The summed E-state index contributed by atoms with van der Waals surface area (Å²) < 4.78 is 6.33. The Morgan fingerprint density at radius 3 is 2.76 bits per heavy atom. The van der Waals surface area contributed by atoms with Gasteiger partial charge in [-0.2, -0.15) is 0 Å². The van der Waals surface area contributed by atoms with E-state index in [1.807, 2.05) is 12.2 Å². The summed E-state index contributed by atoms with van der Waals surface area (Å²) in [6.45, 7) is 6.79. The lowest BCUT2D eigenvalue weighted by Gasteiger charge is -2.33. The second-order valence-corrected chi connectivity index (χ2v) is 8.09. The number of fused-ring (bicyclic) bond motifs is 1. The van der Waals surface area contributed by atoms with Crippen molar-refractivity contribution in [2.75, 3.05) is 12.4 Å². The Hall–Kier alpha value is -1.81. The fourth-order valence-corrected chi connectivity index (χ4v) is 3.92. The molecule has 1 unspecified atom stereocenters. The van der Waals surface area contributed by atoms with Gasteiger partial charge in [-0.3, -0.25) is 9.59 Å². The molecule has 29 heavy (non-hydrogen) atoms. The van der Waals surface area contributed by atoms with Crippen LogP contribution in [-0.4, -0.2) is 23.2 Å². The Kier molecular flexibility index (Phi) is 9.72. The molecule has 2 heterocycles. The third-order valence-corrected chi connectivity index (χ3v) is 5.59. The average Bonchev–Trinajstić information content (AvgIpc) is 2.70. The molecule has 1 aliphatic heterocycles. The quantitative estimate of drug-likeness (QED) is 0.264. The van der Waals surface area contributed by atoms with Crippen molar-refractivity contribution in [2.45, 2.75) is 78.2 Å². The molecule has 1 aliphatic rings. The summed E-state index contributed by atoms with van der Waals surface area (Å²) in [7, 11) is 0. The van der Waals surface area contributed by atoms with Crippen LogP contribution in [0, 0.1) is 0 Å². The molecule has 0 spiro atoms. The number of hydrogen-bond acceptors (Lipinski definition) is 3. The van der Waals surface area contributed by atoms with Crippen LogP contribution in [0.4, 0.5) is 0 Å². The molecule has 1 amide bonds. The van der Waals surface area contributed by atoms with Crippen LogP contribution in [0.5, 0.6) is 0 Å². The van der Waals surface area contributed by atoms with Gasteiger partial charge in [-0.15, -0.1) is 11.6 Å². The first-order valence-corrected chi connectivity index (χ1v) is 11.4. The van der Waals surface area contributed by atoms with E-state index in [1.165, 1.54) is 12.8 Å². The standard InChI is InChI=1S/C24H34ClNO3/c1-4-6-7-8-13-20-16-26(18(3)27)17-21-22(28)15-23(29-24(20)21)19(11-5-2)12-9-10-14-25/h9,11-12,15,20H,4-8,10,13-14,16-17H2,1-3H3/b12-9-,19-11?. The summed E-state index contributed by atoms with van der Waals surface area (Å²) in [5.41, 5.74) is 1.51. The van der Waals surface area contributed by atoms with Crippen LogP contribution in [0.15, 0.2) is 33.5 Å². The van der Waals surface area contributed by atoms with Crippen LogP contribution in [0.2, 0.25) is 0 Å². The van der Waals surface area contributed by atoms with E-state index in [-0.39, 0.29) is 17.3 Å². The normalized spacial score (nSPS) is 17.0. The zero-order valence-corrected chi connectivity index (χ0v) is 18.8. The van der Waals surface area contributed by atoms with Crippen molar-refractivity contribution in [1.82, 2.24) is 4.90 Å². The molecular weight excluding hydrogens is 386 g/mol. The molecule has 0 aliphatic carbocycles. The van der Waals surface area contributed by atoms with Gasteiger partial charge in [0.2, 0.25) is 5.91 Å². The molecule has 160 valence electrons. The number of hydrogen-bond donors (Lipinski definition) is 0. The molecule has 0 fully saturated rings. The highest BCUT2D eigenvalue weighted by molar-refractivity contribution is 6.17. The second-order valence-electron chi connectivity index (χ2n) is 7.71. The van der Waals surface area contributed by atoms with Crippen molar-refractivity contribution in [3.8, 4) is 0 Å². The Labute approximate surface area is 179 Å². The highest BCUT2D eigenvalue weighted by Gasteiger charge is 2.31. The van der Waals surface area contributed by atoms with Crippen LogP contribution in [0.3, 0.4) is 0 Å². The number of amides is 1. The van der Waals surface area contributed by atoms with Gasteiger partial charge < -0.3 is 9.32 Å². The van der Waals surface area contributed by atoms with E-state index >= 15 is 0 Å². The summed E-state index contributed by atoms with van der Waals surface area (Å²) >= 11 is 5.78. The molecule has 0 radical (unpaired) electrons. The van der Waals surface area contributed by atoms with Crippen LogP contribution >= 0.6 is 11.6 Å². The third kappa shape index (κ3) is 6.60. The molecule has 2 rings (SSSR count). The average molecular weight is 420 g/mol. The zero-order chi connectivity index (χ0) is 21.2. The van der Waals surface area contributed by atoms with Crippen LogP contribution < -0.4 is 5.43 Å². The first kappa shape index (κ1) is 23.5. The van der Waals surface area contributed by atoms with Gasteiger partial charge in [0.05, 0.1) is 12.1 Å². The zero-order valence-electron chi connectivity index (χ0n) is 18.0. The van der Waals surface area contributed by atoms with E-state index in [0.29, 0.717) is 30.3 Å². The van der Waals surface area contributed by atoms with Gasteiger partial charge >= 0.3 is 0 Å². The number of unbranched alkanes of at least 4 members (excludes halogenated alkanes) is 3. The molecule has 0 aromatic carbocycles. The van der Waals surface area contributed by atoms with Gasteiger partial charge in [0.15, 0.2) is 5.43 Å². The summed E-state index contributed by atoms with van der Waals surface area (Å²) in [6, 6.07) is 1.57. The van der Waals surface area contributed by atoms with Gasteiger partial charge in [0.1, 0.15) is 11.5 Å². The van der Waals surface area contributed by atoms with Crippen LogP contribution in [0.25, 0.3) is 5.57 Å². The highest BCUT2D eigenvalue weighted by atomic mass is 35.5. The maximum Gasteiger partial charge on any atom is 0.219 e. The first-order chi connectivity index (χ1) is 14.0. The minimum Gasteiger partial charge on any atom is -0.460 e. The number of rotatable bonds is 10. The maximum absolute atomic E-state index is 12.9. The van der Waals surface area contributed by atoms with Gasteiger partial charge in [0.25, 0.3) is 0 Å². The molecule has 1 aromatic heterocycles. The predicted molar refractivity (Wildman–Crippen MR) is 120 cm³/mol. The monoisotopic (exact) mass is 419 g/mol. The number of carbonyl (C=O) groups is 1. The minimum atomic E-state index is -0.0431. The fourth-order valence-electron chi connectivity index (χ4n) is 3.79.